The summed E-state index contributed by atoms with van der Waals surface area (Å²) in [5, 5.41) is 10.9. The molecular formula is C13H19N3O2. The number of aromatic nitrogens is 1. The molecule has 0 spiro atoms. The summed E-state index contributed by atoms with van der Waals surface area (Å²) >= 11 is 0. The largest absolute Gasteiger partial charge is 0.465 e. The van der Waals surface area contributed by atoms with Crippen molar-refractivity contribution < 1.29 is 9.90 Å². The summed E-state index contributed by atoms with van der Waals surface area (Å²) in [6.07, 6.45) is 3.02. The van der Waals surface area contributed by atoms with Crippen molar-refractivity contribution in [3.63, 3.8) is 0 Å². The maximum atomic E-state index is 10.4. The SMILES string of the molecule is C[C@H](CNC(=O)O)Cc1ccc(N2CCC2)nc1. The van der Waals surface area contributed by atoms with Crippen molar-refractivity contribution in [2.45, 2.75) is 19.8 Å². The van der Waals surface area contributed by atoms with Gasteiger partial charge in [0.05, 0.1) is 0 Å². The number of nitrogens with one attached hydrogen (secondary N) is 1. The van der Waals surface area contributed by atoms with Gasteiger partial charge in [-0.05, 0) is 30.4 Å². The molecule has 98 valence electrons. The molecule has 0 bridgehead atoms. The Balaban J connectivity index is 1.83. The van der Waals surface area contributed by atoms with Crippen LogP contribution in [0.4, 0.5) is 10.6 Å². The molecule has 1 saturated heterocycles. The van der Waals surface area contributed by atoms with Gasteiger partial charge in [0.25, 0.3) is 0 Å². The van der Waals surface area contributed by atoms with Gasteiger partial charge in [-0.25, -0.2) is 9.78 Å². The van der Waals surface area contributed by atoms with Crippen LogP contribution in [-0.2, 0) is 6.42 Å². The van der Waals surface area contributed by atoms with Crippen LogP contribution in [-0.4, -0.2) is 35.8 Å². The van der Waals surface area contributed by atoms with Gasteiger partial charge in [0, 0.05) is 25.8 Å². The van der Waals surface area contributed by atoms with Gasteiger partial charge >= 0.3 is 6.09 Å². The first-order valence-electron chi connectivity index (χ1n) is 6.32. The van der Waals surface area contributed by atoms with Crippen molar-refractivity contribution in [2.24, 2.45) is 5.92 Å². The number of amides is 1. The lowest BCUT2D eigenvalue weighted by Crippen LogP contribution is -2.37. The minimum Gasteiger partial charge on any atom is -0.465 e. The second-order valence-electron chi connectivity index (χ2n) is 4.86. The Hall–Kier alpha value is -1.78. The molecular weight excluding hydrogens is 230 g/mol. The molecule has 1 aromatic rings. The number of hydrogen-bond donors (Lipinski definition) is 2. The van der Waals surface area contributed by atoms with Crippen molar-refractivity contribution in [1.29, 1.82) is 0 Å². The van der Waals surface area contributed by atoms with E-state index in [9.17, 15) is 4.79 Å². The highest BCUT2D eigenvalue weighted by Gasteiger charge is 2.15. The molecule has 1 atom stereocenters. The topological polar surface area (TPSA) is 65.5 Å². The number of hydrogen-bond acceptors (Lipinski definition) is 3. The van der Waals surface area contributed by atoms with Crippen molar-refractivity contribution in [3.05, 3.63) is 23.9 Å². The average molecular weight is 249 g/mol. The monoisotopic (exact) mass is 249 g/mol. The van der Waals surface area contributed by atoms with Gasteiger partial charge in [0.15, 0.2) is 0 Å². The minimum atomic E-state index is -0.965. The molecule has 0 radical (unpaired) electrons. The highest BCUT2D eigenvalue weighted by molar-refractivity contribution is 5.64. The lowest BCUT2D eigenvalue weighted by atomic mass is 10.0. The summed E-state index contributed by atoms with van der Waals surface area (Å²) in [7, 11) is 0. The van der Waals surface area contributed by atoms with Gasteiger partial charge in [-0.2, -0.15) is 0 Å². The second kappa shape index (κ2) is 5.71. The lowest BCUT2D eigenvalue weighted by Gasteiger charge is -2.32. The van der Waals surface area contributed by atoms with Crippen LogP contribution in [0.3, 0.4) is 0 Å². The molecule has 5 heteroatoms. The molecule has 1 aliphatic rings. The Kier molecular flexibility index (Phi) is 4.02. The van der Waals surface area contributed by atoms with Crippen LogP contribution >= 0.6 is 0 Å². The molecule has 2 rings (SSSR count). The third-order valence-electron chi connectivity index (χ3n) is 3.18. The van der Waals surface area contributed by atoms with Crippen molar-refractivity contribution in [3.8, 4) is 0 Å². The zero-order valence-corrected chi connectivity index (χ0v) is 10.6. The zero-order valence-electron chi connectivity index (χ0n) is 10.6. The molecule has 2 heterocycles. The van der Waals surface area contributed by atoms with Crippen molar-refractivity contribution in [1.82, 2.24) is 10.3 Å². The van der Waals surface area contributed by atoms with Crippen molar-refractivity contribution >= 4 is 11.9 Å². The predicted octanol–water partition coefficient (Wildman–Crippen LogP) is 1.74. The molecule has 1 aromatic heterocycles. The van der Waals surface area contributed by atoms with E-state index in [4.69, 9.17) is 5.11 Å². The second-order valence-corrected chi connectivity index (χ2v) is 4.86. The first-order valence-corrected chi connectivity index (χ1v) is 6.32. The van der Waals surface area contributed by atoms with Crippen LogP contribution in [0.15, 0.2) is 18.3 Å². The van der Waals surface area contributed by atoms with E-state index >= 15 is 0 Å². The van der Waals surface area contributed by atoms with Crippen LogP contribution in [0.2, 0.25) is 0 Å². The lowest BCUT2D eigenvalue weighted by molar-refractivity contribution is 0.192. The Labute approximate surface area is 107 Å². The normalized spacial score (nSPS) is 15.9. The smallest absolute Gasteiger partial charge is 0.404 e. The third-order valence-corrected chi connectivity index (χ3v) is 3.18. The Morgan fingerprint density at radius 1 is 1.56 bits per heavy atom. The molecule has 1 aliphatic heterocycles. The summed E-state index contributed by atoms with van der Waals surface area (Å²) in [5.41, 5.74) is 1.15. The summed E-state index contributed by atoms with van der Waals surface area (Å²) in [5.74, 6) is 1.32. The molecule has 1 amide bonds. The van der Waals surface area contributed by atoms with E-state index in [2.05, 4.69) is 21.3 Å². The summed E-state index contributed by atoms with van der Waals surface area (Å²) in [6, 6.07) is 4.13. The van der Waals surface area contributed by atoms with Gasteiger partial charge in [-0.15, -0.1) is 0 Å². The van der Waals surface area contributed by atoms with Crippen LogP contribution in [0.5, 0.6) is 0 Å². The predicted molar refractivity (Wildman–Crippen MR) is 70.0 cm³/mol. The number of rotatable bonds is 5. The van der Waals surface area contributed by atoms with Gasteiger partial charge in [-0.1, -0.05) is 13.0 Å². The highest BCUT2D eigenvalue weighted by Crippen LogP contribution is 2.18. The Bertz CT molecular complexity index is 401. The van der Waals surface area contributed by atoms with E-state index in [1.54, 1.807) is 0 Å². The number of nitrogens with zero attached hydrogens (tertiary/aromatic N) is 2. The average Bonchev–Trinajstić information content (AvgIpc) is 2.27. The number of carboxylic acid groups (broad SMARTS) is 1. The standard InChI is InChI=1S/C13H19N3O2/c1-10(8-15-13(17)18)7-11-3-4-12(14-9-11)16-5-2-6-16/h3-4,9-10,15H,2,5-8H2,1H3,(H,17,18)/t10-/m0/s1. The third kappa shape index (κ3) is 3.35. The fourth-order valence-electron chi connectivity index (χ4n) is 2.01. The van der Waals surface area contributed by atoms with Gasteiger partial charge in [0.1, 0.15) is 5.82 Å². The highest BCUT2D eigenvalue weighted by atomic mass is 16.4. The van der Waals surface area contributed by atoms with Crippen LogP contribution in [0.25, 0.3) is 0 Å². The van der Waals surface area contributed by atoms with E-state index in [0.29, 0.717) is 6.54 Å². The molecule has 2 N–H and O–H groups in total. The maximum Gasteiger partial charge on any atom is 0.404 e. The van der Waals surface area contributed by atoms with Gasteiger partial charge in [-0.3, -0.25) is 0 Å². The van der Waals surface area contributed by atoms with Crippen LogP contribution in [0.1, 0.15) is 18.9 Å². The molecule has 0 aliphatic carbocycles. The molecule has 5 nitrogen and oxygen atoms in total. The fraction of sp³-hybridized carbons (Fsp3) is 0.538. The summed E-state index contributed by atoms with van der Waals surface area (Å²) < 4.78 is 0. The summed E-state index contributed by atoms with van der Waals surface area (Å²) in [6.45, 7) is 4.71. The number of pyridine rings is 1. The van der Waals surface area contributed by atoms with E-state index in [1.165, 1.54) is 6.42 Å². The molecule has 1 fully saturated rings. The molecule has 0 aromatic carbocycles. The molecule has 0 saturated carbocycles. The number of carbonyl (C=O) groups is 1. The minimum absolute atomic E-state index is 0.276. The van der Waals surface area contributed by atoms with Gasteiger partial charge in [0.2, 0.25) is 0 Å². The van der Waals surface area contributed by atoms with Crippen molar-refractivity contribution in [2.75, 3.05) is 24.5 Å². The molecule has 0 unspecified atom stereocenters. The first-order chi connectivity index (χ1) is 8.65. The van der Waals surface area contributed by atoms with E-state index in [-0.39, 0.29) is 5.92 Å². The first kappa shape index (κ1) is 12.7. The van der Waals surface area contributed by atoms with Crippen LogP contribution in [0, 0.1) is 5.92 Å². The summed E-state index contributed by atoms with van der Waals surface area (Å²) in [4.78, 5) is 17.1. The van der Waals surface area contributed by atoms with E-state index < -0.39 is 6.09 Å². The maximum absolute atomic E-state index is 10.4. The Morgan fingerprint density at radius 3 is 2.83 bits per heavy atom. The van der Waals surface area contributed by atoms with E-state index in [1.807, 2.05) is 19.2 Å². The van der Waals surface area contributed by atoms with Crippen LogP contribution < -0.4 is 10.2 Å². The van der Waals surface area contributed by atoms with Gasteiger partial charge < -0.3 is 15.3 Å². The quantitative estimate of drug-likeness (QED) is 0.834. The zero-order chi connectivity index (χ0) is 13.0. The molecule has 18 heavy (non-hydrogen) atoms. The van der Waals surface area contributed by atoms with E-state index in [0.717, 1.165) is 30.9 Å². The fourth-order valence-corrected chi connectivity index (χ4v) is 2.01. The number of anilines is 1. The Morgan fingerprint density at radius 2 is 2.33 bits per heavy atom.